The van der Waals surface area contributed by atoms with Crippen molar-refractivity contribution in [2.75, 3.05) is 0 Å². The normalized spacial score (nSPS) is 26.9. The molecule has 2 unspecified atom stereocenters. The lowest BCUT2D eigenvalue weighted by atomic mass is 9.97. The van der Waals surface area contributed by atoms with Crippen LogP contribution in [0.15, 0.2) is 22.8 Å². The molecule has 2 atom stereocenters. The van der Waals surface area contributed by atoms with Crippen molar-refractivity contribution in [2.24, 2.45) is 0 Å². The van der Waals surface area contributed by atoms with Gasteiger partial charge in [-0.1, -0.05) is 6.42 Å². The van der Waals surface area contributed by atoms with Gasteiger partial charge in [0.1, 0.15) is 0 Å². The highest BCUT2D eigenvalue weighted by molar-refractivity contribution is 9.10. The molecule has 0 radical (unpaired) electrons. The lowest BCUT2D eigenvalue weighted by Crippen LogP contribution is -2.43. The fourth-order valence-electron chi connectivity index (χ4n) is 2.47. The van der Waals surface area contributed by atoms with Gasteiger partial charge in [0.05, 0.1) is 5.69 Å². The molecule has 1 aromatic heterocycles. The van der Waals surface area contributed by atoms with Crippen LogP contribution in [0.2, 0.25) is 0 Å². The van der Waals surface area contributed by atoms with Crippen LogP contribution in [0.4, 0.5) is 0 Å². The monoisotopic (exact) mass is 282 g/mol. The molecule has 0 aromatic carbocycles. The summed E-state index contributed by atoms with van der Waals surface area (Å²) >= 11 is 3.42. The number of pyridine rings is 1. The van der Waals surface area contributed by atoms with Gasteiger partial charge in [0.15, 0.2) is 0 Å². The molecular weight excluding hydrogens is 264 g/mol. The predicted molar refractivity (Wildman–Crippen MR) is 70.3 cm³/mol. The minimum absolute atomic E-state index is 0.689. The first-order valence-corrected chi connectivity index (χ1v) is 6.82. The maximum Gasteiger partial charge on any atom is 0.0545 e. The maximum atomic E-state index is 4.45. The molecule has 0 aliphatic carbocycles. The summed E-state index contributed by atoms with van der Waals surface area (Å²) in [4.78, 5) is 7.02. The Morgan fingerprint density at radius 2 is 2.00 bits per heavy atom. The summed E-state index contributed by atoms with van der Waals surface area (Å²) in [6.07, 6.45) is 5.89. The minimum Gasteiger partial charge on any atom is -0.292 e. The van der Waals surface area contributed by atoms with Gasteiger partial charge < -0.3 is 0 Å². The summed E-state index contributed by atoms with van der Waals surface area (Å²) in [5.41, 5.74) is 1.17. The highest BCUT2D eigenvalue weighted by Crippen LogP contribution is 2.24. The molecule has 0 saturated carbocycles. The highest BCUT2D eigenvalue weighted by atomic mass is 79.9. The summed E-state index contributed by atoms with van der Waals surface area (Å²) in [5, 5.41) is 0. The van der Waals surface area contributed by atoms with E-state index in [0.29, 0.717) is 12.1 Å². The van der Waals surface area contributed by atoms with Crippen LogP contribution < -0.4 is 0 Å². The van der Waals surface area contributed by atoms with Crippen molar-refractivity contribution in [2.45, 2.75) is 51.7 Å². The zero-order chi connectivity index (χ0) is 11.5. The van der Waals surface area contributed by atoms with Crippen LogP contribution in [0.5, 0.6) is 0 Å². The number of halogens is 1. The Kier molecular flexibility index (Phi) is 3.98. The molecule has 1 saturated heterocycles. The summed E-state index contributed by atoms with van der Waals surface area (Å²) in [7, 11) is 0. The van der Waals surface area contributed by atoms with Crippen molar-refractivity contribution in [3.63, 3.8) is 0 Å². The minimum atomic E-state index is 0.689. The van der Waals surface area contributed by atoms with E-state index in [1.807, 2.05) is 6.20 Å². The van der Waals surface area contributed by atoms with Crippen molar-refractivity contribution < 1.29 is 0 Å². The Hall–Kier alpha value is -0.410. The van der Waals surface area contributed by atoms with Crippen LogP contribution >= 0.6 is 15.9 Å². The van der Waals surface area contributed by atoms with Gasteiger partial charge in [-0.15, -0.1) is 0 Å². The van der Waals surface area contributed by atoms with Crippen LogP contribution in [-0.4, -0.2) is 22.0 Å². The van der Waals surface area contributed by atoms with Crippen LogP contribution in [0.3, 0.4) is 0 Å². The Bertz CT molecular complexity index is 326. The topological polar surface area (TPSA) is 16.1 Å². The fourth-order valence-corrected chi connectivity index (χ4v) is 2.71. The van der Waals surface area contributed by atoms with Gasteiger partial charge in [0, 0.05) is 29.3 Å². The van der Waals surface area contributed by atoms with Crippen molar-refractivity contribution >= 4 is 15.9 Å². The average Bonchev–Trinajstić information content (AvgIpc) is 2.26. The van der Waals surface area contributed by atoms with Gasteiger partial charge in [0.2, 0.25) is 0 Å². The molecule has 1 aliphatic rings. The standard InChI is InChI=1S/C13H19BrN2/c1-10-4-3-5-11(2)16(10)9-13-7-6-12(14)8-15-13/h6-8,10-11H,3-5,9H2,1-2H3. The fraction of sp³-hybridized carbons (Fsp3) is 0.615. The lowest BCUT2D eigenvalue weighted by Gasteiger charge is -2.38. The molecule has 0 amide bonds. The Labute approximate surface area is 106 Å². The predicted octanol–water partition coefficient (Wildman–Crippen LogP) is 3.61. The molecular formula is C13H19BrN2. The highest BCUT2D eigenvalue weighted by Gasteiger charge is 2.24. The van der Waals surface area contributed by atoms with Gasteiger partial charge in [-0.25, -0.2) is 0 Å². The van der Waals surface area contributed by atoms with E-state index < -0.39 is 0 Å². The van der Waals surface area contributed by atoms with Gasteiger partial charge >= 0.3 is 0 Å². The van der Waals surface area contributed by atoms with E-state index in [1.54, 1.807) is 0 Å². The number of piperidine rings is 1. The van der Waals surface area contributed by atoms with Gasteiger partial charge in [0.25, 0.3) is 0 Å². The van der Waals surface area contributed by atoms with E-state index in [9.17, 15) is 0 Å². The molecule has 1 aromatic rings. The Morgan fingerprint density at radius 3 is 2.56 bits per heavy atom. The molecule has 3 heteroatoms. The van der Waals surface area contributed by atoms with Crippen molar-refractivity contribution in [1.82, 2.24) is 9.88 Å². The Balaban J connectivity index is 2.04. The maximum absolute atomic E-state index is 4.45. The summed E-state index contributed by atoms with van der Waals surface area (Å²) in [5.74, 6) is 0. The van der Waals surface area contributed by atoms with Gasteiger partial charge in [-0.05, 0) is 54.8 Å². The van der Waals surface area contributed by atoms with Crippen molar-refractivity contribution in [1.29, 1.82) is 0 Å². The molecule has 1 aliphatic heterocycles. The average molecular weight is 283 g/mol. The number of hydrogen-bond acceptors (Lipinski definition) is 2. The van der Waals surface area contributed by atoms with Crippen LogP contribution in [0.1, 0.15) is 38.8 Å². The van der Waals surface area contributed by atoms with Crippen LogP contribution in [0, 0.1) is 0 Å². The van der Waals surface area contributed by atoms with E-state index in [-0.39, 0.29) is 0 Å². The van der Waals surface area contributed by atoms with Crippen LogP contribution in [0.25, 0.3) is 0 Å². The number of likely N-dealkylation sites (tertiary alicyclic amines) is 1. The van der Waals surface area contributed by atoms with E-state index >= 15 is 0 Å². The third-order valence-electron chi connectivity index (χ3n) is 3.51. The molecule has 88 valence electrons. The first kappa shape index (κ1) is 12.1. The van der Waals surface area contributed by atoms with Crippen molar-refractivity contribution in [3.8, 4) is 0 Å². The smallest absolute Gasteiger partial charge is 0.0545 e. The SMILES string of the molecule is CC1CCCC(C)N1Cc1ccc(Br)cn1. The zero-order valence-electron chi connectivity index (χ0n) is 9.99. The van der Waals surface area contributed by atoms with Crippen LogP contribution in [-0.2, 0) is 6.54 Å². The number of rotatable bonds is 2. The van der Waals surface area contributed by atoms with E-state index in [0.717, 1.165) is 11.0 Å². The largest absolute Gasteiger partial charge is 0.292 e. The summed E-state index contributed by atoms with van der Waals surface area (Å²) < 4.78 is 1.05. The second-order valence-electron chi connectivity index (χ2n) is 4.77. The molecule has 0 bridgehead atoms. The molecule has 1 fully saturated rings. The number of aromatic nitrogens is 1. The second kappa shape index (κ2) is 5.28. The summed E-state index contributed by atoms with van der Waals surface area (Å²) in [6.45, 7) is 5.64. The first-order chi connectivity index (χ1) is 7.66. The first-order valence-electron chi connectivity index (χ1n) is 6.03. The lowest BCUT2D eigenvalue weighted by molar-refractivity contribution is 0.0938. The molecule has 0 N–H and O–H groups in total. The summed E-state index contributed by atoms with van der Waals surface area (Å²) in [6, 6.07) is 5.56. The molecule has 2 heterocycles. The number of hydrogen-bond donors (Lipinski definition) is 0. The molecule has 2 rings (SSSR count). The zero-order valence-corrected chi connectivity index (χ0v) is 11.6. The third kappa shape index (κ3) is 2.83. The quantitative estimate of drug-likeness (QED) is 0.824. The Morgan fingerprint density at radius 1 is 1.31 bits per heavy atom. The van der Waals surface area contributed by atoms with E-state index in [1.165, 1.54) is 25.0 Å². The van der Waals surface area contributed by atoms with E-state index in [2.05, 4.69) is 51.8 Å². The van der Waals surface area contributed by atoms with E-state index in [4.69, 9.17) is 0 Å². The molecule has 0 spiro atoms. The second-order valence-corrected chi connectivity index (χ2v) is 5.68. The van der Waals surface area contributed by atoms with Crippen molar-refractivity contribution in [3.05, 3.63) is 28.5 Å². The van der Waals surface area contributed by atoms with Gasteiger partial charge in [-0.2, -0.15) is 0 Å². The molecule has 16 heavy (non-hydrogen) atoms. The van der Waals surface area contributed by atoms with Gasteiger partial charge in [-0.3, -0.25) is 9.88 Å². The molecule has 2 nitrogen and oxygen atoms in total. The third-order valence-corrected chi connectivity index (χ3v) is 3.98. The number of nitrogens with zero attached hydrogens (tertiary/aromatic N) is 2.